The second-order valence-corrected chi connectivity index (χ2v) is 9.85. The highest BCUT2D eigenvalue weighted by molar-refractivity contribution is 5.99. The van der Waals surface area contributed by atoms with Crippen LogP contribution in [0.5, 0.6) is 11.5 Å². The van der Waals surface area contributed by atoms with Crippen LogP contribution in [0.1, 0.15) is 24.8 Å². The summed E-state index contributed by atoms with van der Waals surface area (Å²) in [5.41, 5.74) is 2.96. The van der Waals surface area contributed by atoms with E-state index in [0.29, 0.717) is 43.5 Å². The van der Waals surface area contributed by atoms with Gasteiger partial charge in [0.15, 0.2) is 11.5 Å². The van der Waals surface area contributed by atoms with Gasteiger partial charge in [-0.15, -0.1) is 0 Å². The van der Waals surface area contributed by atoms with Gasteiger partial charge in [0, 0.05) is 24.8 Å². The topological polar surface area (TPSA) is 71.1 Å². The van der Waals surface area contributed by atoms with E-state index in [4.69, 9.17) is 14.2 Å². The Hall–Kier alpha value is -2.09. The van der Waals surface area contributed by atoms with Gasteiger partial charge in [0.25, 0.3) is 0 Å². The molecule has 7 heteroatoms. The van der Waals surface area contributed by atoms with Gasteiger partial charge in [-0.3, -0.25) is 4.79 Å². The summed E-state index contributed by atoms with van der Waals surface area (Å²) in [4.78, 5) is 15.5. The third-order valence-electron chi connectivity index (χ3n) is 9.10. The molecule has 7 rings (SSSR count). The lowest BCUT2D eigenvalue weighted by molar-refractivity contribution is -0.896. The lowest BCUT2D eigenvalue weighted by Crippen LogP contribution is -2.71. The van der Waals surface area contributed by atoms with Gasteiger partial charge < -0.3 is 29.0 Å². The molecule has 158 valence electrons. The normalized spacial score (nSPS) is 44.4. The molecule has 7 atom stereocenters. The minimum Gasteiger partial charge on any atom is -0.632 e. The number of ether oxygens (including phenoxy) is 3. The van der Waals surface area contributed by atoms with Gasteiger partial charge in [-0.25, -0.2) is 0 Å². The summed E-state index contributed by atoms with van der Waals surface area (Å²) in [6, 6.07) is 3.96. The van der Waals surface area contributed by atoms with Crippen molar-refractivity contribution in [2.75, 3.05) is 38.8 Å². The number of hydrogen-bond acceptors (Lipinski definition) is 5. The van der Waals surface area contributed by atoms with E-state index in [2.05, 4.69) is 6.08 Å². The van der Waals surface area contributed by atoms with Crippen molar-refractivity contribution < 1.29 is 23.7 Å². The number of piperidine rings is 2. The van der Waals surface area contributed by atoms with Crippen molar-refractivity contribution in [1.29, 1.82) is 0 Å². The standard InChI is InChI=1S/C23H26N2O5/c1-28-16-8-14-15(9-17(16)29-2)24-20(26)10-18-21-13-7-19-23(14,22(21)24)4-5-25(19,27)11-12(13)3-6-30-18/h3,8-9,13,18-19,21-22H,4-7,10-11H2,1-2H3/t13-,18?,19-,21?,22?,23+,25?/m0/s1. The zero-order chi connectivity index (χ0) is 20.4. The Labute approximate surface area is 175 Å². The van der Waals surface area contributed by atoms with Crippen molar-refractivity contribution in [2.24, 2.45) is 11.8 Å². The number of methoxy groups -OCH3 is 2. The third kappa shape index (κ3) is 1.75. The van der Waals surface area contributed by atoms with Crippen molar-refractivity contribution in [3.05, 3.63) is 34.6 Å². The van der Waals surface area contributed by atoms with Crippen LogP contribution in [0.2, 0.25) is 0 Å². The third-order valence-corrected chi connectivity index (χ3v) is 9.10. The van der Waals surface area contributed by atoms with E-state index in [1.54, 1.807) is 14.2 Å². The summed E-state index contributed by atoms with van der Waals surface area (Å²) >= 11 is 0. The van der Waals surface area contributed by atoms with Crippen LogP contribution in [0.3, 0.4) is 0 Å². The van der Waals surface area contributed by atoms with Crippen LogP contribution >= 0.6 is 0 Å². The van der Waals surface area contributed by atoms with Gasteiger partial charge in [0.05, 0.1) is 57.0 Å². The molecule has 5 heterocycles. The Balaban J connectivity index is 1.54. The minimum atomic E-state index is -0.328. The Morgan fingerprint density at radius 2 is 2.07 bits per heavy atom. The Morgan fingerprint density at radius 3 is 2.87 bits per heavy atom. The monoisotopic (exact) mass is 410 g/mol. The molecule has 4 unspecified atom stereocenters. The van der Waals surface area contributed by atoms with Gasteiger partial charge >= 0.3 is 0 Å². The molecule has 4 fully saturated rings. The number of benzene rings is 1. The molecule has 7 nitrogen and oxygen atoms in total. The Bertz CT molecular complexity index is 1020. The first-order valence-electron chi connectivity index (χ1n) is 11.0. The van der Waals surface area contributed by atoms with E-state index >= 15 is 0 Å². The molecular weight excluding hydrogens is 384 g/mol. The van der Waals surface area contributed by atoms with Crippen LogP contribution in [0.15, 0.2) is 23.8 Å². The van der Waals surface area contributed by atoms with Crippen molar-refractivity contribution in [3.63, 3.8) is 0 Å². The lowest BCUT2D eigenvalue weighted by Gasteiger charge is -2.61. The average Bonchev–Trinajstić information content (AvgIpc) is 3.15. The Morgan fingerprint density at radius 1 is 1.27 bits per heavy atom. The minimum absolute atomic E-state index is 0.0185. The number of hydroxylamine groups is 3. The molecule has 5 aliphatic heterocycles. The summed E-state index contributed by atoms with van der Waals surface area (Å²) in [5, 5.41) is 14.1. The van der Waals surface area contributed by atoms with Crippen molar-refractivity contribution >= 4 is 11.6 Å². The first-order chi connectivity index (χ1) is 14.5. The highest BCUT2D eigenvalue weighted by atomic mass is 16.6. The van der Waals surface area contributed by atoms with Crippen molar-refractivity contribution in [3.8, 4) is 11.5 Å². The lowest BCUT2D eigenvalue weighted by atomic mass is 9.53. The zero-order valence-corrected chi connectivity index (χ0v) is 17.3. The molecule has 30 heavy (non-hydrogen) atoms. The summed E-state index contributed by atoms with van der Waals surface area (Å²) in [5.74, 6) is 1.98. The van der Waals surface area contributed by atoms with Crippen LogP contribution in [-0.4, -0.2) is 62.7 Å². The molecule has 1 aromatic carbocycles. The van der Waals surface area contributed by atoms with Gasteiger partial charge in [-0.2, -0.15) is 0 Å². The molecule has 2 bridgehead atoms. The molecule has 1 aliphatic carbocycles. The predicted molar refractivity (Wildman–Crippen MR) is 108 cm³/mol. The van der Waals surface area contributed by atoms with Crippen LogP contribution in [-0.2, 0) is 14.9 Å². The van der Waals surface area contributed by atoms with E-state index in [1.807, 2.05) is 17.0 Å². The van der Waals surface area contributed by atoms with Gasteiger partial charge in [0.2, 0.25) is 5.91 Å². The smallest absolute Gasteiger partial charge is 0.229 e. The number of carbonyl (C=O) groups is 1. The number of rotatable bonds is 2. The molecule has 1 aromatic rings. The van der Waals surface area contributed by atoms with E-state index in [0.717, 1.165) is 24.1 Å². The number of fused-ring (bicyclic) bond motifs is 2. The SMILES string of the molecule is COc1cc2c(cc1OC)[C@@]13CC[N+]4([O-])CC5=CCOC6CC(=O)N2C1C6[C@H]5C[C@@H]34. The van der Waals surface area contributed by atoms with Gasteiger partial charge in [-0.1, -0.05) is 6.08 Å². The van der Waals surface area contributed by atoms with Crippen LogP contribution in [0.25, 0.3) is 0 Å². The predicted octanol–water partition coefficient (Wildman–Crippen LogP) is 2.12. The summed E-state index contributed by atoms with van der Waals surface area (Å²) in [6.45, 7) is 1.70. The highest BCUT2D eigenvalue weighted by Crippen LogP contribution is 2.68. The highest BCUT2D eigenvalue weighted by Gasteiger charge is 2.74. The fraction of sp³-hybridized carbons (Fsp3) is 0.609. The molecule has 1 spiro atoms. The first-order valence-corrected chi connectivity index (χ1v) is 11.0. The number of hydrogen-bond donors (Lipinski definition) is 0. The number of anilines is 1. The van der Waals surface area contributed by atoms with Crippen molar-refractivity contribution in [2.45, 2.75) is 42.9 Å². The average molecular weight is 410 g/mol. The van der Waals surface area contributed by atoms with Gasteiger partial charge in [0.1, 0.15) is 12.6 Å². The van der Waals surface area contributed by atoms with E-state index in [9.17, 15) is 10.0 Å². The van der Waals surface area contributed by atoms with Crippen LogP contribution in [0.4, 0.5) is 5.69 Å². The largest absolute Gasteiger partial charge is 0.632 e. The molecule has 3 saturated heterocycles. The molecule has 1 saturated carbocycles. The fourth-order valence-corrected chi connectivity index (χ4v) is 8.13. The quantitative estimate of drug-likeness (QED) is 0.424. The summed E-state index contributed by atoms with van der Waals surface area (Å²) in [7, 11) is 3.26. The number of quaternary nitrogens is 1. The molecule has 0 radical (unpaired) electrons. The maximum atomic E-state index is 14.1. The second-order valence-electron chi connectivity index (χ2n) is 9.85. The van der Waals surface area contributed by atoms with Crippen LogP contribution in [0, 0.1) is 17.0 Å². The fourth-order valence-electron chi connectivity index (χ4n) is 8.13. The molecule has 1 amide bonds. The maximum absolute atomic E-state index is 14.1. The Kier molecular flexibility index (Phi) is 3.16. The van der Waals surface area contributed by atoms with Crippen LogP contribution < -0.4 is 14.4 Å². The zero-order valence-electron chi connectivity index (χ0n) is 17.3. The number of nitrogens with zero attached hydrogens (tertiary/aromatic N) is 2. The number of amides is 1. The van der Waals surface area contributed by atoms with Gasteiger partial charge in [-0.05, 0) is 23.1 Å². The molecule has 0 aromatic heterocycles. The van der Waals surface area contributed by atoms with Crippen molar-refractivity contribution in [1.82, 2.24) is 0 Å². The first kappa shape index (κ1) is 17.6. The van der Waals surface area contributed by atoms with E-state index in [1.165, 1.54) is 5.57 Å². The maximum Gasteiger partial charge on any atom is 0.229 e. The van der Waals surface area contributed by atoms with E-state index in [-0.39, 0.29) is 40.1 Å². The summed E-state index contributed by atoms with van der Waals surface area (Å²) < 4.78 is 17.3. The molecule has 6 aliphatic rings. The number of carbonyl (C=O) groups excluding carboxylic acids is 1. The van der Waals surface area contributed by atoms with E-state index < -0.39 is 0 Å². The molecular formula is C23H26N2O5. The molecule has 0 N–H and O–H groups in total. The summed E-state index contributed by atoms with van der Waals surface area (Å²) in [6.07, 6.45) is 4.18. The second kappa shape index (κ2) is 5.39.